The topological polar surface area (TPSA) is 76.7 Å². The first-order chi connectivity index (χ1) is 18.5. The lowest BCUT2D eigenvalue weighted by molar-refractivity contribution is -0.153. The van der Waals surface area contributed by atoms with E-state index in [1.54, 1.807) is 0 Å². The first-order valence-corrected chi connectivity index (χ1v) is 16.4. The average Bonchev–Trinajstić information content (AvgIpc) is 2.81. The Morgan fingerprint density at radius 2 is 0.875 bits per heavy atom. The molecule has 2 saturated heterocycles. The van der Waals surface area contributed by atoms with Gasteiger partial charge in [-0.15, -0.1) is 0 Å². The highest BCUT2D eigenvalue weighted by Crippen LogP contribution is 2.39. The van der Waals surface area contributed by atoms with Crippen LogP contribution in [0.3, 0.4) is 0 Å². The van der Waals surface area contributed by atoms with Gasteiger partial charge in [0.1, 0.15) is 0 Å². The zero-order valence-corrected chi connectivity index (χ0v) is 27.8. The summed E-state index contributed by atoms with van der Waals surface area (Å²) in [6, 6.07) is 0. The standard InChI is InChI=1S/C34H64N2O4/c1-25(2)33(9)23-27(21-31(5,6)35-33)29(37)39-19-17-15-13-11-12-14-16-18-20-40-30(38)28-22-32(7,8)36-34(10,24-28)26(3)4/h25-28,35-36H,11-24H2,1-10H3. The van der Waals surface area contributed by atoms with Crippen molar-refractivity contribution in [1.82, 2.24) is 10.6 Å². The maximum Gasteiger partial charge on any atom is 0.309 e. The van der Waals surface area contributed by atoms with E-state index >= 15 is 0 Å². The van der Waals surface area contributed by atoms with Crippen molar-refractivity contribution in [3.63, 3.8) is 0 Å². The second-order valence-corrected chi connectivity index (χ2v) is 15.5. The maximum atomic E-state index is 12.8. The molecular weight excluding hydrogens is 500 g/mol. The summed E-state index contributed by atoms with van der Waals surface area (Å²) in [7, 11) is 0. The minimum atomic E-state index is -0.0531. The van der Waals surface area contributed by atoms with Crippen LogP contribution in [0.1, 0.15) is 146 Å². The lowest BCUT2D eigenvalue weighted by Crippen LogP contribution is -2.62. The fourth-order valence-corrected chi connectivity index (χ4v) is 7.09. The molecule has 2 aliphatic rings. The molecule has 2 heterocycles. The second kappa shape index (κ2) is 14.8. The van der Waals surface area contributed by atoms with Gasteiger partial charge in [0.2, 0.25) is 0 Å². The Bertz CT molecular complexity index is 742. The molecule has 2 fully saturated rings. The van der Waals surface area contributed by atoms with Crippen LogP contribution in [0.5, 0.6) is 0 Å². The molecule has 0 aromatic rings. The molecule has 0 amide bonds. The van der Waals surface area contributed by atoms with Crippen molar-refractivity contribution < 1.29 is 19.1 Å². The summed E-state index contributed by atoms with van der Waals surface area (Å²) in [5.74, 6) is 0.862. The number of ether oxygens (including phenoxy) is 2. The lowest BCUT2D eigenvalue weighted by Gasteiger charge is -2.49. The van der Waals surface area contributed by atoms with Crippen LogP contribution in [0, 0.1) is 23.7 Å². The number of esters is 2. The summed E-state index contributed by atoms with van der Waals surface area (Å²) in [4.78, 5) is 25.6. The lowest BCUT2D eigenvalue weighted by atomic mass is 9.70. The third-order valence-corrected chi connectivity index (χ3v) is 9.84. The van der Waals surface area contributed by atoms with Gasteiger partial charge in [-0.1, -0.05) is 66.2 Å². The highest BCUT2D eigenvalue weighted by Gasteiger charge is 2.46. The monoisotopic (exact) mass is 564 g/mol. The van der Waals surface area contributed by atoms with E-state index in [-0.39, 0.29) is 45.9 Å². The third-order valence-electron chi connectivity index (χ3n) is 9.84. The molecular formula is C34H64N2O4. The second-order valence-electron chi connectivity index (χ2n) is 15.5. The van der Waals surface area contributed by atoms with Crippen molar-refractivity contribution in [2.24, 2.45) is 23.7 Å². The molecule has 0 radical (unpaired) electrons. The van der Waals surface area contributed by atoms with Crippen LogP contribution in [-0.2, 0) is 19.1 Å². The van der Waals surface area contributed by atoms with Gasteiger partial charge in [-0.05, 0) is 91.9 Å². The Labute approximate surface area is 246 Å². The Hall–Kier alpha value is -1.14. The third kappa shape index (κ3) is 10.9. The highest BCUT2D eigenvalue weighted by atomic mass is 16.5. The average molecular weight is 565 g/mol. The molecule has 2 N–H and O–H groups in total. The summed E-state index contributed by atoms with van der Waals surface area (Å²) < 4.78 is 11.4. The van der Waals surface area contributed by atoms with Crippen LogP contribution in [0.15, 0.2) is 0 Å². The Morgan fingerprint density at radius 3 is 1.18 bits per heavy atom. The minimum absolute atomic E-state index is 0.0139. The van der Waals surface area contributed by atoms with Crippen molar-refractivity contribution in [2.45, 2.75) is 168 Å². The van der Waals surface area contributed by atoms with Crippen molar-refractivity contribution >= 4 is 11.9 Å². The summed E-state index contributed by atoms with van der Waals surface area (Å²) in [5.41, 5.74) is -0.176. The van der Waals surface area contributed by atoms with Gasteiger partial charge in [-0.25, -0.2) is 0 Å². The van der Waals surface area contributed by atoms with Crippen LogP contribution < -0.4 is 10.6 Å². The number of nitrogens with one attached hydrogen (secondary N) is 2. The fraction of sp³-hybridized carbons (Fsp3) is 0.941. The van der Waals surface area contributed by atoms with E-state index in [4.69, 9.17) is 9.47 Å². The zero-order valence-electron chi connectivity index (χ0n) is 27.8. The van der Waals surface area contributed by atoms with Gasteiger partial charge in [0.15, 0.2) is 0 Å². The van der Waals surface area contributed by atoms with Crippen LogP contribution >= 0.6 is 0 Å². The predicted octanol–water partition coefficient (Wildman–Crippen LogP) is 7.58. The maximum absolute atomic E-state index is 12.8. The van der Waals surface area contributed by atoms with E-state index in [1.807, 2.05) is 0 Å². The largest absolute Gasteiger partial charge is 0.465 e. The van der Waals surface area contributed by atoms with Crippen LogP contribution in [-0.4, -0.2) is 47.3 Å². The number of hydrogen-bond donors (Lipinski definition) is 2. The molecule has 6 nitrogen and oxygen atoms in total. The summed E-state index contributed by atoms with van der Waals surface area (Å²) >= 11 is 0. The molecule has 0 aliphatic carbocycles. The molecule has 0 bridgehead atoms. The first kappa shape index (κ1) is 35.1. The van der Waals surface area contributed by atoms with Crippen molar-refractivity contribution in [3.8, 4) is 0 Å². The Balaban J connectivity index is 1.51. The van der Waals surface area contributed by atoms with Gasteiger partial charge in [-0.3, -0.25) is 9.59 Å². The molecule has 4 unspecified atom stereocenters. The van der Waals surface area contributed by atoms with E-state index < -0.39 is 0 Å². The van der Waals surface area contributed by atoms with Crippen LogP contribution in [0.25, 0.3) is 0 Å². The first-order valence-electron chi connectivity index (χ1n) is 16.4. The van der Waals surface area contributed by atoms with Gasteiger partial charge < -0.3 is 20.1 Å². The van der Waals surface area contributed by atoms with Gasteiger partial charge in [0, 0.05) is 22.2 Å². The summed E-state index contributed by atoms with van der Waals surface area (Å²) in [6.45, 7) is 23.2. The number of unbranched alkanes of at least 4 members (excludes halogenated alkanes) is 7. The Kier molecular flexibility index (Phi) is 13.0. The fourth-order valence-electron chi connectivity index (χ4n) is 7.09. The van der Waals surface area contributed by atoms with E-state index in [9.17, 15) is 9.59 Å². The Morgan fingerprint density at radius 1 is 0.575 bits per heavy atom. The molecule has 2 aliphatic heterocycles. The smallest absolute Gasteiger partial charge is 0.309 e. The molecule has 6 heteroatoms. The molecule has 0 aromatic carbocycles. The van der Waals surface area contributed by atoms with E-state index in [0.717, 1.165) is 51.4 Å². The number of carbonyl (C=O) groups excluding carboxylic acids is 2. The molecule has 234 valence electrons. The van der Waals surface area contributed by atoms with Gasteiger partial charge >= 0.3 is 11.9 Å². The SMILES string of the molecule is CC(C)C1(C)CC(C(=O)OCCCCCCCCCCOC(=O)C2CC(C)(C)NC(C)(C(C)C)C2)CC(C)(C)N1. The van der Waals surface area contributed by atoms with Gasteiger partial charge in [0.05, 0.1) is 25.0 Å². The van der Waals surface area contributed by atoms with E-state index in [2.05, 4.69) is 79.9 Å². The minimum Gasteiger partial charge on any atom is -0.465 e. The van der Waals surface area contributed by atoms with E-state index in [1.165, 1.54) is 25.7 Å². The molecule has 0 saturated carbocycles. The summed E-state index contributed by atoms with van der Waals surface area (Å²) in [6.07, 6.45) is 12.2. The van der Waals surface area contributed by atoms with Gasteiger partial charge in [0.25, 0.3) is 0 Å². The van der Waals surface area contributed by atoms with Crippen LogP contribution in [0.4, 0.5) is 0 Å². The number of piperidine rings is 2. The van der Waals surface area contributed by atoms with E-state index in [0.29, 0.717) is 25.0 Å². The highest BCUT2D eigenvalue weighted by molar-refractivity contribution is 5.73. The molecule has 0 spiro atoms. The molecule has 4 atom stereocenters. The van der Waals surface area contributed by atoms with Gasteiger partial charge in [-0.2, -0.15) is 0 Å². The summed E-state index contributed by atoms with van der Waals surface area (Å²) in [5, 5.41) is 7.52. The molecule has 0 aromatic heterocycles. The predicted molar refractivity (Wildman–Crippen MR) is 165 cm³/mol. The van der Waals surface area contributed by atoms with Crippen LogP contribution in [0.2, 0.25) is 0 Å². The van der Waals surface area contributed by atoms with Crippen molar-refractivity contribution in [3.05, 3.63) is 0 Å². The molecule has 40 heavy (non-hydrogen) atoms. The quantitative estimate of drug-likeness (QED) is 0.158. The molecule has 2 rings (SSSR count). The zero-order chi connectivity index (χ0) is 30.2. The number of carbonyl (C=O) groups is 2. The normalized spacial score (nSPS) is 29.9. The van der Waals surface area contributed by atoms with Crippen molar-refractivity contribution in [2.75, 3.05) is 13.2 Å². The number of hydrogen-bond acceptors (Lipinski definition) is 6. The van der Waals surface area contributed by atoms with Crippen molar-refractivity contribution in [1.29, 1.82) is 0 Å². The number of rotatable bonds is 15.